The van der Waals surface area contributed by atoms with Crippen LogP contribution in [0, 0.1) is 6.92 Å². The van der Waals surface area contributed by atoms with Crippen LogP contribution in [0.25, 0.3) is 0 Å². The van der Waals surface area contributed by atoms with Gasteiger partial charge >= 0.3 is 0 Å². The van der Waals surface area contributed by atoms with Gasteiger partial charge in [0.15, 0.2) is 22.2 Å². The Kier molecular flexibility index (Phi) is 6.58. The van der Waals surface area contributed by atoms with E-state index in [9.17, 15) is 8.42 Å². The predicted octanol–water partition coefficient (Wildman–Crippen LogP) is 2.84. The van der Waals surface area contributed by atoms with E-state index in [0.29, 0.717) is 9.79 Å². The van der Waals surface area contributed by atoms with Crippen molar-refractivity contribution in [3.63, 3.8) is 0 Å². The first-order valence-electron chi connectivity index (χ1n) is 5.34. The van der Waals surface area contributed by atoms with Crippen LogP contribution in [-0.2, 0) is 22.2 Å². The first-order chi connectivity index (χ1) is 9.00. The quantitative estimate of drug-likeness (QED) is 0.836. The SMILES string of the molecule is Cc1ccc(S(=O)O)cc1.O=S(O)c1ccccc1. The summed E-state index contributed by atoms with van der Waals surface area (Å²) in [7, 11) is 0. The monoisotopic (exact) mass is 298 g/mol. The lowest BCUT2D eigenvalue weighted by atomic mass is 10.2. The highest BCUT2D eigenvalue weighted by Gasteiger charge is 1.95. The van der Waals surface area contributed by atoms with E-state index in [1.165, 1.54) is 0 Å². The summed E-state index contributed by atoms with van der Waals surface area (Å²) in [5.41, 5.74) is 1.09. The molecule has 0 aliphatic rings. The molecule has 0 spiro atoms. The highest BCUT2D eigenvalue weighted by molar-refractivity contribution is 7.79. The van der Waals surface area contributed by atoms with E-state index in [2.05, 4.69) is 0 Å². The summed E-state index contributed by atoms with van der Waals surface area (Å²) in [5.74, 6) is 0. The summed E-state index contributed by atoms with van der Waals surface area (Å²) >= 11 is -3.67. The fourth-order valence-corrected chi connectivity index (χ4v) is 1.95. The second-order valence-corrected chi connectivity index (χ2v) is 5.56. The molecule has 4 nitrogen and oxygen atoms in total. The highest BCUT2D eigenvalue weighted by atomic mass is 32.2. The summed E-state index contributed by atoms with van der Waals surface area (Å²) in [6.45, 7) is 1.93. The average Bonchev–Trinajstić information content (AvgIpc) is 2.41. The summed E-state index contributed by atoms with van der Waals surface area (Å²) in [5, 5.41) is 0. The van der Waals surface area contributed by atoms with Gasteiger partial charge in [0.1, 0.15) is 0 Å². The second-order valence-electron chi connectivity index (χ2n) is 3.62. The largest absolute Gasteiger partial charge is 0.302 e. The molecule has 0 aromatic heterocycles. The third-order valence-electron chi connectivity index (χ3n) is 2.17. The van der Waals surface area contributed by atoms with Crippen LogP contribution in [0.15, 0.2) is 64.4 Å². The van der Waals surface area contributed by atoms with Crippen LogP contribution < -0.4 is 0 Å². The van der Waals surface area contributed by atoms with Crippen molar-refractivity contribution in [2.75, 3.05) is 0 Å². The van der Waals surface area contributed by atoms with Crippen molar-refractivity contribution in [1.29, 1.82) is 0 Å². The summed E-state index contributed by atoms with van der Waals surface area (Å²) in [6, 6.07) is 15.4. The fourth-order valence-electron chi connectivity index (χ4n) is 1.19. The molecule has 2 atom stereocenters. The number of hydrogen-bond donors (Lipinski definition) is 2. The van der Waals surface area contributed by atoms with E-state index in [1.54, 1.807) is 42.5 Å². The van der Waals surface area contributed by atoms with Gasteiger partial charge in [-0.2, -0.15) is 0 Å². The molecule has 2 aromatic carbocycles. The zero-order valence-electron chi connectivity index (χ0n) is 10.2. The molecule has 0 fully saturated rings. The van der Waals surface area contributed by atoms with Crippen LogP contribution >= 0.6 is 0 Å². The van der Waals surface area contributed by atoms with Crippen molar-refractivity contribution >= 4 is 22.2 Å². The van der Waals surface area contributed by atoms with Crippen molar-refractivity contribution in [2.45, 2.75) is 16.7 Å². The van der Waals surface area contributed by atoms with E-state index in [0.717, 1.165) is 5.56 Å². The molecule has 102 valence electrons. The minimum absolute atomic E-state index is 0.442. The molecule has 0 heterocycles. The van der Waals surface area contributed by atoms with Crippen LogP contribution in [-0.4, -0.2) is 17.5 Å². The normalized spacial score (nSPS) is 13.0. The molecule has 0 bridgehead atoms. The van der Waals surface area contributed by atoms with Crippen LogP contribution in [0.5, 0.6) is 0 Å². The number of benzene rings is 2. The summed E-state index contributed by atoms with van der Waals surface area (Å²) in [4.78, 5) is 0.892. The van der Waals surface area contributed by atoms with Gasteiger partial charge in [0.05, 0.1) is 9.79 Å². The van der Waals surface area contributed by atoms with Crippen molar-refractivity contribution in [3.8, 4) is 0 Å². The molecule has 2 aromatic rings. The number of aryl methyl sites for hydroxylation is 1. The molecule has 19 heavy (non-hydrogen) atoms. The molecule has 6 heteroatoms. The predicted molar refractivity (Wildman–Crippen MR) is 75.7 cm³/mol. The third kappa shape index (κ3) is 5.89. The lowest BCUT2D eigenvalue weighted by molar-refractivity contribution is 0.563. The lowest BCUT2D eigenvalue weighted by Crippen LogP contribution is -1.86. The van der Waals surface area contributed by atoms with Crippen molar-refractivity contribution in [3.05, 3.63) is 60.2 Å². The molecule has 0 amide bonds. The molecule has 2 rings (SSSR count). The Balaban J connectivity index is 0.000000191. The average molecular weight is 298 g/mol. The molecule has 0 saturated heterocycles. The smallest absolute Gasteiger partial charge is 0.186 e. The van der Waals surface area contributed by atoms with E-state index >= 15 is 0 Å². The van der Waals surface area contributed by atoms with Gasteiger partial charge in [-0.25, -0.2) is 8.42 Å². The van der Waals surface area contributed by atoms with Gasteiger partial charge in [0.25, 0.3) is 0 Å². The van der Waals surface area contributed by atoms with E-state index in [1.807, 2.05) is 19.1 Å². The van der Waals surface area contributed by atoms with Gasteiger partial charge in [-0.1, -0.05) is 35.9 Å². The van der Waals surface area contributed by atoms with Gasteiger partial charge in [-0.3, -0.25) is 0 Å². The van der Waals surface area contributed by atoms with Gasteiger partial charge in [-0.15, -0.1) is 0 Å². The standard InChI is InChI=1S/C7H8O2S.C6H6O2S/c1-6-2-4-7(5-3-6)10(8)9;7-9(8)6-4-2-1-3-5-6/h2-5H,1H3,(H,8,9);1-5H,(H,7,8). The van der Waals surface area contributed by atoms with Gasteiger partial charge < -0.3 is 9.11 Å². The maximum Gasteiger partial charge on any atom is 0.186 e. The lowest BCUT2D eigenvalue weighted by Gasteiger charge is -1.93. The summed E-state index contributed by atoms with van der Waals surface area (Å²) in [6.07, 6.45) is 0. The van der Waals surface area contributed by atoms with Crippen LogP contribution in [0.4, 0.5) is 0 Å². The molecular formula is C13H14O4S2. The zero-order chi connectivity index (χ0) is 14.3. The van der Waals surface area contributed by atoms with Gasteiger partial charge in [-0.05, 0) is 31.2 Å². The van der Waals surface area contributed by atoms with Crippen molar-refractivity contribution < 1.29 is 17.5 Å². The Hall–Kier alpha value is -1.34. The Labute approximate surface area is 117 Å². The fraction of sp³-hybridized carbons (Fsp3) is 0.0769. The van der Waals surface area contributed by atoms with Crippen molar-refractivity contribution in [1.82, 2.24) is 0 Å². The maximum absolute atomic E-state index is 10.4. The molecule has 0 aliphatic carbocycles. The molecule has 2 N–H and O–H groups in total. The first kappa shape index (κ1) is 15.7. The highest BCUT2D eigenvalue weighted by Crippen LogP contribution is 2.05. The molecule has 0 saturated carbocycles. The van der Waals surface area contributed by atoms with Crippen molar-refractivity contribution in [2.24, 2.45) is 0 Å². The molecule has 0 aliphatic heterocycles. The molecule has 0 radical (unpaired) electrons. The van der Waals surface area contributed by atoms with Crippen LogP contribution in [0.3, 0.4) is 0 Å². The minimum atomic E-state index is -1.84. The summed E-state index contributed by atoms with van der Waals surface area (Å²) < 4.78 is 37.8. The Morgan fingerprint density at radius 2 is 1.16 bits per heavy atom. The Bertz CT molecular complexity index is 553. The van der Waals surface area contributed by atoms with Crippen LogP contribution in [0.2, 0.25) is 0 Å². The Morgan fingerprint density at radius 3 is 1.53 bits per heavy atom. The van der Waals surface area contributed by atoms with Crippen LogP contribution in [0.1, 0.15) is 5.56 Å². The van der Waals surface area contributed by atoms with E-state index in [-0.39, 0.29) is 0 Å². The van der Waals surface area contributed by atoms with Gasteiger partial charge in [0.2, 0.25) is 0 Å². The molecular weight excluding hydrogens is 284 g/mol. The minimum Gasteiger partial charge on any atom is -0.302 e. The number of rotatable bonds is 2. The zero-order valence-corrected chi connectivity index (χ0v) is 11.9. The van der Waals surface area contributed by atoms with Gasteiger partial charge in [0, 0.05) is 0 Å². The second kappa shape index (κ2) is 7.96. The maximum atomic E-state index is 10.4. The van der Waals surface area contributed by atoms with E-state index in [4.69, 9.17) is 9.11 Å². The third-order valence-corrected chi connectivity index (χ3v) is 3.52. The topological polar surface area (TPSA) is 74.6 Å². The number of hydrogen-bond acceptors (Lipinski definition) is 2. The molecule has 2 unspecified atom stereocenters. The first-order valence-corrected chi connectivity index (χ1v) is 7.55. The van der Waals surface area contributed by atoms with E-state index < -0.39 is 22.2 Å². The Morgan fingerprint density at radius 1 is 0.737 bits per heavy atom.